The van der Waals surface area contributed by atoms with Crippen LogP contribution in [0.4, 0.5) is 0 Å². The van der Waals surface area contributed by atoms with Gasteiger partial charge in [0.15, 0.2) is 0 Å². The Morgan fingerprint density at radius 1 is 1.41 bits per heavy atom. The van der Waals surface area contributed by atoms with Crippen molar-refractivity contribution in [2.24, 2.45) is 0 Å². The van der Waals surface area contributed by atoms with Crippen molar-refractivity contribution >= 4 is 27.3 Å². The summed E-state index contributed by atoms with van der Waals surface area (Å²) >= 11 is 5.32. The second-order valence-electron chi connectivity index (χ2n) is 4.09. The Morgan fingerprint density at radius 2 is 2.24 bits per heavy atom. The van der Waals surface area contributed by atoms with Gasteiger partial charge in [-0.15, -0.1) is 11.3 Å². The molecular formula is C13H22BrNOS. The van der Waals surface area contributed by atoms with Crippen LogP contribution in [-0.2, 0) is 11.2 Å². The number of rotatable bonds is 9. The summed E-state index contributed by atoms with van der Waals surface area (Å²) in [4.78, 5) is 1.43. The van der Waals surface area contributed by atoms with Crippen LogP contribution >= 0.6 is 27.3 Å². The van der Waals surface area contributed by atoms with Gasteiger partial charge in [-0.2, -0.15) is 0 Å². The van der Waals surface area contributed by atoms with E-state index < -0.39 is 0 Å². The number of halogens is 1. The molecule has 1 heterocycles. The Bertz CT molecular complexity index is 303. The van der Waals surface area contributed by atoms with Crippen LogP contribution < -0.4 is 5.32 Å². The third kappa shape index (κ3) is 6.55. The quantitative estimate of drug-likeness (QED) is 0.698. The second-order valence-corrected chi connectivity index (χ2v) is 6.00. The molecule has 0 aromatic carbocycles. The molecule has 98 valence electrons. The molecule has 2 nitrogen and oxygen atoms in total. The Morgan fingerprint density at radius 3 is 2.82 bits per heavy atom. The molecule has 0 spiro atoms. The fraction of sp³-hybridized carbons (Fsp3) is 0.692. The highest BCUT2D eigenvalue weighted by molar-refractivity contribution is 9.10. The lowest BCUT2D eigenvalue weighted by molar-refractivity contribution is 0.124. The van der Waals surface area contributed by atoms with Gasteiger partial charge < -0.3 is 10.1 Å². The summed E-state index contributed by atoms with van der Waals surface area (Å²) in [5, 5.41) is 5.67. The summed E-state index contributed by atoms with van der Waals surface area (Å²) in [6.07, 6.45) is 3.28. The fourth-order valence-electron chi connectivity index (χ4n) is 1.74. The summed E-state index contributed by atoms with van der Waals surface area (Å²) in [5.41, 5.74) is 0. The van der Waals surface area contributed by atoms with Gasteiger partial charge in [0.05, 0.1) is 0 Å². The lowest BCUT2D eigenvalue weighted by Gasteiger charge is -2.17. The van der Waals surface area contributed by atoms with Crippen LogP contribution in [0.15, 0.2) is 15.9 Å². The van der Waals surface area contributed by atoms with E-state index in [0.717, 1.165) is 39.0 Å². The maximum Gasteiger partial charge on any atom is 0.0480 e. The molecule has 0 amide bonds. The van der Waals surface area contributed by atoms with Gasteiger partial charge in [-0.05, 0) is 47.8 Å². The highest BCUT2D eigenvalue weighted by atomic mass is 79.9. The molecule has 4 heteroatoms. The van der Waals surface area contributed by atoms with Gasteiger partial charge in [0.25, 0.3) is 0 Å². The largest absolute Gasteiger partial charge is 0.381 e. The van der Waals surface area contributed by atoms with E-state index in [0.29, 0.717) is 6.04 Å². The van der Waals surface area contributed by atoms with Crippen LogP contribution in [0.3, 0.4) is 0 Å². The monoisotopic (exact) mass is 319 g/mol. The maximum atomic E-state index is 5.56. The third-order valence-electron chi connectivity index (χ3n) is 2.52. The van der Waals surface area contributed by atoms with Crippen molar-refractivity contribution in [3.63, 3.8) is 0 Å². The van der Waals surface area contributed by atoms with Gasteiger partial charge in [0.1, 0.15) is 0 Å². The van der Waals surface area contributed by atoms with Crippen molar-refractivity contribution < 1.29 is 4.74 Å². The molecule has 0 aliphatic rings. The molecule has 0 bridgehead atoms. The van der Waals surface area contributed by atoms with E-state index in [1.54, 1.807) is 0 Å². The fourth-order valence-corrected chi connectivity index (χ4v) is 3.27. The highest BCUT2D eigenvalue weighted by Gasteiger charge is 2.09. The van der Waals surface area contributed by atoms with E-state index in [1.807, 2.05) is 11.3 Å². The molecule has 0 saturated carbocycles. The first-order valence-corrected chi connectivity index (χ1v) is 7.97. The van der Waals surface area contributed by atoms with Gasteiger partial charge in [-0.1, -0.05) is 13.8 Å². The van der Waals surface area contributed by atoms with E-state index in [4.69, 9.17) is 4.74 Å². The summed E-state index contributed by atoms with van der Waals surface area (Å²) < 4.78 is 6.75. The number of thiophene rings is 1. The van der Waals surface area contributed by atoms with Crippen molar-refractivity contribution in [1.82, 2.24) is 5.32 Å². The summed E-state index contributed by atoms with van der Waals surface area (Å²) in [5.74, 6) is 0. The predicted molar refractivity (Wildman–Crippen MR) is 78.9 cm³/mol. The molecule has 1 N–H and O–H groups in total. The van der Waals surface area contributed by atoms with Crippen molar-refractivity contribution in [3.8, 4) is 0 Å². The van der Waals surface area contributed by atoms with Crippen LogP contribution in [0.1, 0.15) is 31.6 Å². The topological polar surface area (TPSA) is 21.3 Å². The second kappa shape index (κ2) is 9.09. The Kier molecular flexibility index (Phi) is 8.10. The first-order valence-electron chi connectivity index (χ1n) is 6.30. The first kappa shape index (κ1) is 15.2. The highest BCUT2D eigenvalue weighted by Crippen LogP contribution is 2.21. The Labute approximate surface area is 117 Å². The average Bonchev–Trinajstić information content (AvgIpc) is 2.70. The van der Waals surface area contributed by atoms with Gasteiger partial charge in [0, 0.05) is 34.0 Å². The van der Waals surface area contributed by atoms with E-state index in [-0.39, 0.29) is 0 Å². The molecule has 1 unspecified atom stereocenters. The average molecular weight is 320 g/mol. The molecular weight excluding hydrogens is 298 g/mol. The normalized spacial score (nSPS) is 12.9. The third-order valence-corrected chi connectivity index (χ3v) is 4.24. The lowest BCUT2D eigenvalue weighted by Crippen LogP contribution is -2.32. The maximum absolute atomic E-state index is 5.56. The number of nitrogens with one attached hydrogen (secondary N) is 1. The molecule has 1 aromatic rings. The summed E-state index contributed by atoms with van der Waals surface area (Å²) in [6.45, 7) is 7.06. The molecule has 1 aromatic heterocycles. The smallest absolute Gasteiger partial charge is 0.0480 e. The molecule has 1 atom stereocenters. The zero-order valence-electron chi connectivity index (χ0n) is 10.7. The first-order chi connectivity index (χ1) is 8.26. The summed E-state index contributed by atoms with van der Waals surface area (Å²) in [7, 11) is 0. The standard InChI is InChI=1S/C13H22BrNOS/c1-3-6-16-7-5-12(15-4-2)9-13-8-11(14)10-17-13/h8,10,12,15H,3-7,9H2,1-2H3. The van der Waals surface area contributed by atoms with Crippen LogP contribution in [0.25, 0.3) is 0 Å². The molecule has 0 aliphatic heterocycles. The van der Waals surface area contributed by atoms with Crippen LogP contribution in [0, 0.1) is 0 Å². The molecule has 0 aliphatic carbocycles. The van der Waals surface area contributed by atoms with Gasteiger partial charge in [-0.3, -0.25) is 0 Å². The molecule has 0 radical (unpaired) electrons. The Hall–Kier alpha value is 0.1000. The van der Waals surface area contributed by atoms with Gasteiger partial charge in [0.2, 0.25) is 0 Å². The van der Waals surface area contributed by atoms with Crippen LogP contribution in [0.5, 0.6) is 0 Å². The predicted octanol–water partition coefficient (Wildman–Crippen LogP) is 3.85. The van der Waals surface area contributed by atoms with E-state index >= 15 is 0 Å². The molecule has 1 rings (SSSR count). The van der Waals surface area contributed by atoms with E-state index in [9.17, 15) is 0 Å². The van der Waals surface area contributed by atoms with Gasteiger partial charge >= 0.3 is 0 Å². The number of hydrogen-bond donors (Lipinski definition) is 1. The minimum absolute atomic E-state index is 0.530. The minimum atomic E-state index is 0.530. The van der Waals surface area contributed by atoms with Crippen molar-refractivity contribution in [2.45, 2.75) is 39.2 Å². The lowest BCUT2D eigenvalue weighted by atomic mass is 10.1. The Balaban J connectivity index is 2.32. The van der Waals surface area contributed by atoms with E-state index in [1.165, 1.54) is 9.35 Å². The number of likely N-dealkylation sites (N-methyl/N-ethyl adjacent to an activating group) is 1. The molecule has 0 saturated heterocycles. The number of ether oxygens (including phenoxy) is 1. The summed E-state index contributed by atoms with van der Waals surface area (Å²) in [6, 6.07) is 2.74. The SMILES string of the molecule is CCCOCCC(Cc1cc(Br)cs1)NCC. The molecule has 0 fully saturated rings. The minimum Gasteiger partial charge on any atom is -0.381 e. The van der Waals surface area contributed by atoms with Gasteiger partial charge in [-0.25, -0.2) is 0 Å². The number of hydrogen-bond acceptors (Lipinski definition) is 3. The van der Waals surface area contributed by atoms with Crippen molar-refractivity contribution in [1.29, 1.82) is 0 Å². The zero-order valence-corrected chi connectivity index (χ0v) is 13.1. The van der Waals surface area contributed by atoms with Crippen LogP contribution in [0.2, 0.25) is 0 Å². The van der Waals surface area contributed by atoms with Crippen molar-refractivity contribution in [2.75, 3.05) is 19.8 Å². The molecule has 17 heavy (non-hydrogen) atoms. The van der Waals surface area contributed by atoms with Crippen molar-refractivity contribution in [3.05, 3.63) is 20.8 Å². The zero-order chi connectivity index (χ0) is 12.5. The van der Waals surface area contributed by atoms with E-state index in [2.05, 4.69) is 46.5 Å². The van der Waals surface area contributed by atoms with Crippen LogP contribution in [-0.4, -0.2) is 25.8 Å².